The average Bonchev–Trinajstić information content (AvgIpc) is 2.39. The van der Waals surface area contributed by atoms with Gasteiger partial charge in [-0.3, -0.25) is 4.79 Å². The molecule has 3 nitrogen and oxygen atoms in total. The largest absolute Gasteiger partial charge is 0.493 e. The lowest BCUT2D eigenvalue weighted by molar-refractivity contribution is 0.107. The monoisotopic (exact) mass is 268 g/mol. The first-order chi connectivity index (χ1) is 8.70. The van der Waals surface area contributed by atoms with Gasteiger partial charge in [0.15, 0.2) is 11.5 Å². The van der Waals surface area contributed by atoms with Gasteiger partial charge >= 0.3 is 0 Å². The molecular weight excluding hydrogens is 252 g/mol. The van der Waals surface area contributed by atoms with Crippen LogP contribution in [0.1, 0.15) is 42.5 Å². The van der Waals surface area contributed by atoms with Crippen molar-refractivity contribution < 1.29 is 14.3 Å². The summed E-state index contributed by atoms with van der Waals surface area (Å²) in [7, 11) is 1.59. The summed E-state index contributed by atoms with van der Waals surface area (Å²) in [6, 6.07) is 5.01. The molecule has 0 unspecified atom stereocenters. The molecule has 98 valence electrons. The summed E-state index contributed by atoms with van der Waals surface area (Å²) in [6.45, 7) is 0. The van der Waals surface area contributed by atoms with Gasteiger partial charge in [-0.25, -0.2) is 0 Å². The van der Waals surface area contributed by atoms with E-state index in [9.17, 15) is 4.79 Å². The molecule has 2 rings (SSSR count). The third-order valence-electron chi connectivity index (χ3n) is 3.24. The highest BCUT2D eigenvalue weighted by molar-refractivity contribution is 6.67. The SMILES string of the molecule is COc1ccc(C(=O)Cl)cc1OC1CCCCC1. The number of rotatable bonds is 4. The van der Waals surface area contributed by atoms with Crippen molar-refractivity contribution in [2.45, 2.75) is 38.2 Å². The zero-order valence-electron chi connectivity index (χ0n) is 10.4. The minimum Gasteiger partial charge on any atom is -0.493 e. The summed E-state index contributed by atoms with van der Waals surface area (Å²) in [5, 5.41) is -0.480. The fourth-order valence-electron chi connectivity index (χ4n) is 2.25. The van der Waals surface area contributed by atoms with Crippen molar-refractivity contribution in [3.05, 3.63) is 23.8 Å². The fourth-order valence-corrected chi connectivity index (χ4v) is 2.37. The Hall–Kier alpha value is -1.22. The molecule has 0 N–H and O–H groups in total. The lowest BCUT2D eigenvalue weighted by Crippen LogP contribution is -2.20. The number of halogens is 1. The molecular formula is C14H17ClO3. The lowest BCUT2D eigenvalue weighted by Gasteiger charge is -2.24. The van der Waals surface area contributed by atoms with Crippen LogP contribution in [-0.4, -0.2) is 18.5 Å². The van der Waals surface area contributed by atoms with Crippen LogP contribution < -0.4 is 9.47 Å². The normalized spacial score (nSPS) is 16.3. The van der Waals surface area contributed by atoms with E-state index in [1.807, 2.05) is 0 Å². The highest BCUT2D eigenvalue weighted by Crippen LogP contribution is 2.32. The molecule has 0 saturated heterocycles. The van der Waals surface area contributed by atoms with Crippen LogP contribution in [0, 0.1) is 0 Å². The summed E-state index contributed by atoms with van der Waals surface area (Å²) in [5.41, 5.74) is 0.434. The van der Waals surface area contributed by atoms with Gasteiger partial charge in [0.05, 0.1) is 13.2 Å². The van der Waals surface area contributed by atoms with Gasteiger partial charge in [-0.2, -0.15) is 0 Å². The van der Waals surface area contributed by atoms with Gasteiger partial charge in [-0.05, 0) is 55.5 Å². The fraction of sp³-hybridized carbons (Fsp3) is 0.500. The summed E-state index contributed by atoms with van der Waals surface area (Å²) >= 11 is 5.48. The van der Waals surface area contributed by atoms with Crippen LogP contribution in [0.15, 0.2) is 18.2 Å². The molecule has 0 heterocycles. The van der Waals surface area contributed by atoms with Crippen LogP contribution in [0.3, 0.4) is 0 Å². The van der Waals surface area contributed by atoms with E-state index in [4.69, 9.17) is 21.1 Å². The van der Waals surface area contributed by atoms with E-state index in [0.29, 0.717) is 17.1 Å². The number of carbonyl (C=O) groups is 1. The minimum absolute atomic E-state index is 0.216. The predicted octanol–water partition coefficient (Wildman–Crippen LogP) is 3.79. The van der Waals surface area contributed by atoms with Crippen molar-refractivity contribution in [1.82, 2.24) is 0 Å². The highest BCUT2D eigenvalue weighted by Gasteiger charge is 2.18. The first kappa shape index (κ1) is 13.2. The molecule has 0 aromatic heterocycles. The molecule has 4 heteroatoms. The smallest absolute Gasteiger partial charge is 0.252 e. The summed E-state index contributed by atoms with van der Waals surface area (Å²) in [6.07, 6.45) is 6.00. The predicted molar refractivity (Wildman–Crippen MR) is 70.7 cm³/mol. The summed E-state index contributed by atoms with van der Waals surface area (Å²) in [4.78, 5) is 11.2. The van der Waals surface area contributed by atoms with Crippen LogP contribution >= 0.6 is 11.6 Å². The van der Waals surface area contributed by atoms with Gasteiger partial charge in [0.1, 0.15) is 0 Å². The van der Waals surface area contributed by atoms with E-state index in [2.05, 4.69) is 0 Å². The second kappa shape index (κ2) is 6.10. The zero-order valence-corrected chi connectivity index (χ0v) is 11.2. The molecule has 1 saturated carbocycles. The van der Waals surface area contributed by atoms with Gasteiger partial charge in [-0.1, -0.05) is 6.42 Å². The van der Waals surface area contributed by atoms with Crippen molar-refractivity contribution in [3.8, 4) is 11.5 Å². The van der Waals surface area contributed by atoms with Crippen LogP contribution in [0.25, 0.3) is 0 Å². The Morgan fingerprint density at radius 1 is 1.22 bits per heavy atom. The molecule has 0 spiro atoms. The van der Waals surface area contributed by atoms with Gasteiger partial charge in [0.2, 0.25) is 0 Å². The molecule has 1 aliphatic rings. The highest BCUT2D eigenvalue weighted by atomic mass is 35.5. The maximum absolute atomic E-state index is 11.2. The minimum atomic E-state index is -0.480. The van der Waals surface area contributed by atoms with Gasteiger partial charge < -0.3 is 9.47 Å². The van der Waals surface area contributed by atoms with E-state index in [1.54, 1.807) is 25.3 Å². The average molecular weight is 269 g/mol. The van der Waals surface area contributed by atoms with E-state index in [1.165, 1.54) is 19.3 Å². The number of benzene rings is 1. The third kappa shape index (κ3) is 3.16. The Balaban J connectivity index is 2.17. The molecule has 0 radical (unpaired) electrons. The van der Waals surface area contributed by atoms with Crippen molar-refractivity contribution in [3.63, 3.8) is 0 Å². The van der Waals surface area contributed by atoms with Crippen molar-refractivity contribution in [2.24, 2.45) is 0 Å². The number of ether oxygens (including phenoxy) is 2. The van der Waals surface area contributed by atoms with E-state index in [0.717, 1.165) is 12.8 Å². The van der Waals surface area contributed by atoms with Crippen LogP contribution in [0.4, 0.5) is 0 Å². The van der Waals surface area contributed by atoms with Crippen LogP contribution in [0.2, 0.25) is 0 Å². The second-order valence-electron chi connectivity index (χ2n) is 4.52. The number of carbonyl (C=O) groups excluding carboxylic acids is 1. The van der Waals surface area contributed by atoms with E-state index in [-0.39, 0.29) is 6.10 Å². The Bertz CT molecular complexity index is 425. The van der Waals surface area contributed by atoms with E-state index >= 15 is 0 Å². The molecule has 0 aliphatic heterocycles. The molecule has 1 fully saturated rings. The molecule has 1 aromatic rings. The first-order valence-corrected chi connectivity index (χ1v) is 6.63. The summed E-state index contributed by atoms with van der Waals surface area (Å²) < 4.78 is 11.2. The number of hydrogen-bond donors (Lipinski definition) is 0. The molecule has 1 aliphatic carbocycles. The quantitative estimate of drug-likeness (QED) is 0.780. The standard InChI is InChI=1S/C14H17ClO3/c1-17-12-8-7-10(14(15)16)9-13(12)18-11-5-3-2-4-6-11/h7-9,11H,2-6H2,1H3. The Morgan fingerprint density at radius 2 is 1.94 bits per heavy atom. The Kier molecular flexibility index (Phi) is 4.48. The van der Waals surface area contributed by atoms with Crippen molar-refractivity contribution in [2.75, 3.05) is 7.11 Å². The second-order valence-corrected chi connectivity index (χ2v) is 4.86. The zero-order chi connectivity index (χ0) is 13.0. The van der Waals surface area contributed by atoms with Crippen molar-refractivity contribution >= 4 is 16.8 Å². The van der Waals surface area contributed by atoms with Gasteiger partial charge in [0, 0.05) is 5.56 Å². The van der Waals surface area contributed by atoms with Crippen LogP contribution in [0.5, 0.6) is 11.5 Å². The Morgan fingerprint density at radius 3 is 2.56 bits per heavy atom. The van der Waals surface area contributed by atoms with Crippen LogP contribution in [-0.2, 0) is 0 Å². The molecule has 0 atom stereocenters. The number of methoxy groups -OCH3 is 1. The maximum atomic E-state index is 11.2. The van der Waals surface area contributed by atoms with Crippen molar-refractivity contribution in [1.29, 1.82) is 0 Å². The maximum Gasteiger partial charge on any atom is 0.252 e. The van der Waals surface area contributed by atoms with Gasteiger partial charge in [-0.15, -0.1) is 0 Å². The molecule has 0 amide bonds. The summed E-state index contributed by atoms with van der Waals surface area (Å²) in [5.74, 6) is 1.25. The Labute approximate surface area is 112 Å². The first-order valence-electron chi connectivity index (χ1n) is 6.25. The van der Waals surface area contributed by atoms with E-state index < -0.39 is 5.24 Å². The topological polar surface area (TPSA) is 35.5 Å². The molecule has 1 aromatic carbocycles. The lowest BCUT2D eigenvalue weighted by atomic mass is 9.98. The molecule has 18 heavy (non-hydrogen) atoms. The third-order valence-corrected chi connectivity index (χ3v) is 3.45. The van der Waals surface area contributed by atoms with Gasteiger partial charge in [0.25, 0.3) is 5.24 Å². The molecule has 0 bridgehead atoms. The number of hydrogen-bond acceptors (Lipinski definition) is 3.